The summed E-state index contributed by atoms with van der Waals surface area (Å²) in [6, 6.07) is 0. The molecule has 5 nitrogen and oxygen atoms in total. The fourth-order valence-corrected chi connectivity index (χ4v) is 2.70. The van der Waals surface area contributed by atoms with Gasteiger partial charge in [-0.1, -0.05) is 13.3 Å². The molecule has 1 rings (SSSR count). The number of carboxylic acid groups (broad SMARTS) is 1. The third-order valence-corrected chi connectivity index (χ3v) is 3.74. The molecule has 0 aromatic carbocycles. The van der Waals surface area contributed by atoms with Gasteiger partial charge in [-0.15, -0.1) is 0 Å². The zero-order valence-electron chi connectivity index (χ0n) is 11.9. The number of amides is 1. The van der Waals surface area contributed by atoms with Gasteiger partial charge in [-0.25, -0.2) is 0 Å². The van der Waals surface area contributed by atoms with Crippen molar-refractivity contribution in [2.45, 2.75) is 58.0 Å². The zero-order valence-corrected chi connectivity index (χ0v) is 11.9. The van der Waals surface area contributed by atoms with Crippen molar-refractivity contribution in [2.24, 2.45) is 5.92 Å². The SMILES string of the molecule is CCCC(CNC(=O)C1(OCC)CCCC1)C(=O)O. The van der Waals surface area contributed by atoms with Crippen LogP contribution in [-0.2, 0) is 14.3 Å². The molecule has 0 spiro atoms. The highest BCUT2D eigenvalue weighted by Gasteiger charge is 2.42. The van der Waals surface area contributed by atoms with Crippen molar-refractivity contribution in [1.82, 2.24) is 5.32 Å². The van der Waals surface area contributed by atoms with Crippen LogP contribution in [0.1, 0.15) is 52.4 Å². The van der Waals surface area contributed by atoms with Gasteiger partial charge in [0.1, 0.15) is 5.60 Å². The Labute approximate surface area is 114 Å². The molecule has 1 aliphatic carbocycles. The lowest BCUT2D eigenvalue weighted by molar-refractivity contribution is -0.147. The molecule has 0 bridgehead atoms. The van der Waals surface area contributed by atoms with Crippen LogP contribution in [0.25, 0.3) is 0 Å². The second-order valence-corrected chi connectivity index (χ2v) is 5.17. The van der Waals surface area contributed by atoms with E-state index in [1.165, 1.54) is 0 Å². The first kappa shape index (κ1) is 16.0. The number of rotatable bonds is 8. The van der Waals surface area contributed by atoms with E-state index in [0.29, 0.717) is 13.0 Å². The van der Waals surface area contributed by atoms with Crippen LogP contribution < -0.4 is 5.32 Å². The monoisotopic (exact) mass is 271 g/mol. The smallest absolute Gasteiger partial charge is 0.308 e. The second kappa shape index (κ2) is 7.48. The summed E-state index contributed by atoms with van der Waals surface area (Å²) in [6.45, 7) is 4.52. The molecule has 0 heterocycles. The van der Waals surface area contributed by atoms with Gasteiger partial charge < -0.3 is 15.2 Å². The number of ether oxygens (including phenoxy) is 1. The van der Waals surface area contributed by atoms with Crippen molar-refractivity contribution in [3.05, 3.63) is 0 Å². The molecule has 1 saturated carbocycles. The Morgan fingerprint density at radius 2 is 1.95 bits per heavy atom. The van der Waals surface area contributed by atoms with Gasteiger partial charge in [0.05, 0.1) is 5.92 Å². The Bertz CT molecular complexity index is 311. The normalized spacial score (nSPS) is 19.1. The lowest BCUT2D eigenvalue weighted by Crippen LogP contribution is -2.48. The van der Waals surface area contributed by atoms with Gasteiger partial charge >= 0.3 is 5.97 Å². The lowest BCUT2D eigenvalue weighted by Gasteiger charge is -2.28. The molecule has 0 saturated heterocycles. The topological polar surface area (TPSA) is 75.6 Å². The maximum atomic E-state index is 12.3. The summed E-state index contributed by atoms with van der Waals surface area (Å²) in [6.07, 6.45) is 4.83. The Kier molecular flexibility index (Phi) is 6.28. The van der Waals surface area contributed by atoms with Gasteiger partial charge in [-0.3, -0.25) is 9.59 Å². The predicted octanol–water partition coefficient (Wildman–Crippen LogP) is 1.95. The number of nitrogens with one attached hydrogen (secondary N) is 1. The average Bonchev–Trinajstić information content (AvgIpc) is 2.84. The molecule has 19 heavy (non-hydrogen) atoms. The number of aliphatic carboxylic acids is 1. The van der Waals surface area contributed by atoms with E-state index in [9.17, 15) is 9.59 Å². The highest BCUT2D eigenvalue weighted by Crippen LogP contribution is 2.33. The molecule has 2 N–H and O–H groups in total. The van der Waals surface area contributed by atoms with E-state index in [4.69, 9.17) is 9.84 Å². The maximum Gasteiger partial charge on any atom is 0.308 e. The van der Waals surface area contributed by atoms with Gasteiger partial charge in [0.15, 0.2) is 0 Å². The Hall–Kier alpha value is -1.10. The van der Waals surface area contributed by atoms with E-state index in [0.717, 1.165) is 32.1 Å². The summed E-state index contributed by atoms with van der Waals surface area (Å²) in [5.41, 5.74) is -0.718. The number of carboxylic acids is 1. The Balaban J connectivity index is 2.54. The van der Waals surface area contributed by atoms with Crippen molar-refractivity contribution >= 4 is 11.9 Å². The van der Waals surface area contributed by atoms with Crippen LogP contribution in [-0.4, -0.2) is 35.7 Å². The number of hydrogen-bond donors (Lipinski definition) is 2. The first-order chi connectivity index (χ1) is 9.05. The Morgan fingerprint density at radius 3 is 2.42 bits per heavy atom. The molecule has 1 aliphatic rings. The van der Waals surface area contributed by atoms with E-state index in [2.05, 4.69) is 5.32 Å². The minimum atomic E-state index is -0.848. The van der Waals surface area contributed by atoms with Crippen LogP contribution in [0.5, 0.6) is 0 Å². The molecule has 110 valence electrons. The minimum absolute atomic E-state index is 0.144. The van der Waals surface area contributed by atoms with Crippen LogP contribution in [0, 0.1) is 5.92 Å². The molecule has 0 aromatic heterocycles. The molecule has 1 unspecified atom stereocenters. The molecular formula is C14H25NO4. The molecule has 1 fully saturated rings. The number of carbonyl (C=O) groups is 2. The summed E-state index contributed by atoms with van der Waals surface area (Å²) in [7, 11) is 0. The third-order valence-electron chi connectivity index (χ3n) is 3.74. The highest BCUT2D eigenvalue weighted by atomic mass is 16.5. The van der Waals surface area contributed by atoms with E-state index in [1.54, 1.807) is 0 Å². The highest BCUT2D eigenvalue weighted by molar-refractivity contribution is 5.86. The molecule has 0 radical (unpaired) electrons. The van der Waals surface area contributed by atoms with Gasteiger partial charge in [-0.05, 0) is 39.0 Å². The molecule has 1 amide bonds. The summed E-state index contributed by atoms with van der Waals surface area (Å²) in [5.74, 6) is -1.50. The Morgan fingerprint density at radius 1 is 1.32 bits per heavy atom. The van der Waals surface area contributed by atoms with Crippen LogP contribution in [0.2, 0.25) is 0 Å². The standard InChI is InChI=1S/C14H25NO4/c1-3-7-11(12(16)17)10-15-13(18)14(19-4-2)8-5-6-9-14/h11H,3-10H2,1-2H3,(H,15,18)(H,16,17). The zero-order chi connectivity index (χ0) is 14.3. The molecular weight excluding hydrogens is 246 g/mol. The van der Waals surface area contributed by atoms with Gasteiger partial charge in [0, 0.05) is 13.2 Å². The van der Waals surface area contributed by atoms with E-state index >= 15 is 0 Å². The first-order valence-corrected chi connectivity index (χ1v) is 7.20. The van der Waals surface area contributed by atoms with Crippen molar-refractivity contribution < 1.29 is 19.4 Å². The van der Waals surface area contributed by atoms with E-state index in [-0.39, 0.29) is 12.5 Å². The fraction of sp³-hybridized carbons (Fsp3) is 0.857. The summed E-state index contributed by atoms with van der Waals surface area (Å²) >= 11 is 0. The second-order valence-electron chi connectivity index (χ2n) is 5.17. The lowest BCUT2D eigenvalue weighted by atomic mass is 9.99. The quantitative estimate of drug-likeness (QED) is 0.707. The molecule has 0 aliphatic heterocycles. The number of carbonyl (C=O) groups excluding carboxylic acids is 1. The van der Waals surface area contributed by atoms with Gasteiger partial charge in [-0.2, -0.15) is 0 Å². The fourth-order valence-electron chi connectivity index (χ4n) is 2.70. The van der Waals surface area contributed by atoms with Crippen molar-refractivity contribution in [2.75, 3.05) is 13.2 Å². The van der Waals surface area contributed by atoms with Crippen LogP contribution >= 0.6 is 0 Å². The van der Waals surface area contributed by atoms with Crippen LogP contribution in [0.4, 0.5) is 0 Å². The maximum absolute atomic E-state index is 12.3. The summed E-state index contributed by atoms with van der Waals surface area (Å²) in [5, 5.41) is 11.8. The van der Waals surface area contributed by atoms with Crippen LogP contribution in [0.3, 0.4) is 0 Å². The first-order valence-electron chi connectivity index (χ1n) is 7.20. The molecule has 5 heteroatoms. The van der Waals surface area contributed by atoms with Crippen molar-refractivity contribution in [3.8, 4) is 0 Å². The minimum Gasteiger partial charge on any atom is -0.481 e. The van der Waals surface area contributed by atoms with E-state index < -0.39 is 17.5 Å². The average molecular weight is 271 g/mol. The van der Waals surface area contributed by atoms with E-state index in [1.807, 2.05) is 13.8 Å². The molecule has 1 atom stereocenters. The number of hydrogen-bond acceptors (Lipinski definition) is 3. The van der Waals surface area contributed by atoms with Crippen molar-refractivity contribution in [3.63, 3.8) is 0 Å². The van der Waals surface area contributed by atoms with Gasteiger partial charge in [0.2, 0.25) is 0 Å². The molecule has 0 aromatic rings. The largest absolute Gasteiger partial charge is 0.481 e. The summed E-state index contributed by atoms with van der Waals surface area (Å²) < 4.78 is 5.65. The third kappa shape index (κ3) is 4.20. The predicted molar refractivity (Wildman–Crippen MR) is 71.9 cm³/mol. The van der Waals surface area contributed by atoms with Gasteiger partial charge in [0.25, 0.3) is 5.91 Å². The van der Waals surface area contributed by atoms with Crippen LogP contribution in [0.15, 0.2) is 0 Å². The summed E-state index contributed by atoms with van der Waals surface area (Å²) in [4.78, 5) is 23.3. The van der Waals surface area contributed by atoms with Crippen molar-refractivity contribution in [1.29, 1.82) is 0 Å².